The van der Waals surface area contributed by atoms with Crippen molar-refractivity contribution in [3.05, 3.63) is 35.9 Å². The second kappa shape index (κ2) is 6.01. The van der Waals surface area contributed by atoms with Crippen molar-refractivity contribution in [1.29, 1.82) is 0 Å². The van der Waals surface area contributed by atoms with E-state index in [1.165, 1.54) is 0 Å². The predicted octanol–water partition coefficient (Wildman–Crippen LogP) is 1.29. The molecule has 1 aliphatic heterocycles. The van der Waals surface area contributed by atoms with Crippen LogP contribution >= 0.6 is 0 Å². The lowest BCUT2D eigenvalue weighted by Crippen LogP contribution is -2.46. The third-order valence-corrected chi connectivity index (χ3v) is 3.81. The topological polar surface area (TPSA) is 50.7 Å². The molecular weight excluding hydrogens is 242 g/mol. The summed E-state index contributed by atoms with van der Waals surface area (Å²) in [6, 6.07) is 9.69. The summed E-state index contributed by atoms with van der Waals surface area (Å²) in [5, 5.41) is 13.8. The summed E-state index contributed by atoms with van der Waals surface area (Å²) in [7, 11) is 1.71. The van der Waals surface area contributed by atoms with Gasteiger partial charge in [-0.15, -0.1) is 0 Å². The van der Waals surface area contributed by atoms with Crippen LogP contribution in [-0.2, 0) is 15.1 Å². The normalized spacial score (nSPS) is 26.3. The van der Waals surface area contributed by atoms with E-state index in [9.17, 15) is 5.11 Å². The molecule has 4 heteroatoms. The second-order valence-corrected chi connectivity index (χ2v) is 5.43. The maximum absolute atomic E-state index is 10.5. The third kappa shape index (κ3) is 3.54. The molecule has 0 aliphatic carbocycles. The van der Waals surface area contributed by atoms with E-state index in [0.29, 0.717) is 19.7 Å². The molecule has 2 unspecified atom stereocenters. The van der Waals surface area contributed by atoms with Gasteiger partial charge in [0.15, 0.2) is 0 Å². The molecule has 2 atom stereocenters. The summed E-state index contributed by atoms with van der Waals surface area (Å²) in [5.41, 5.74) is -0.209. The van der Waals surface area contributed by atoms with E-state index >= 15 is 0 Å². The van der Waals surface area contributed by atoms with Crippen LogP contribution in [0, 0.1) is 0 Å². The number of nitrogens with one attached hydrogen (secondary N) is 1. The van der Waals surface area contributed by atoms with Gasteiger partial charge in [0, 0.05) is 33.2 Å². The van der Waals surface area contributed by atoms with Crippen molar-refractivity contribution < 1.29 is 14.6 Å². The number of hydrogen-bond donors (Lipinski definition) is 2. The minimum Gasteiger partial charge on any atom is -0.384 e. The van der Waals surface area contributed by atoms with Gasteiger partial charge in [-0.25, -0.2) is 0 Å². The van der Waals surface area contributed by atoms with E-state index in [0.717, 1.165) is 18.6 Å². The summed E-state index contributed by atoms with van der Waals surface area (Å²) < 4.78 is 10.9. The molecule has 1 aromatic carbocycles. The van der Waals surface area contributed by atoms with E-state index in [4.69, 9.17) is 9.47 Å². The molecule has 2 rings (SSSR count). The highest BCUT2D eigenvalue weighted by Crippen LogP contribution is 2.23. The monoisotopic (exact) mass is 265 g/mol. The molecule has 106 valence electrons. The Morgan fingerprint density at radius 1 is 1.42 bits per heavy atom. The molecule has 1 saturated heterocycles. The van der Waals surface area contributed by atoms with E-state index in [1.807, 2.05) is 37.3 Å². The molecular formula is C15H23NO3. The van der Waals surface area contributed by atoms with Gasteiger partial charge in [0.25, 0.3) is 0 Å². The molecule has 1 heterocycles. The van der Waals surface area contributed by atoms with Crippen molar-refractivity contribution in [1.82, 2.24) is 5.32 Å². The first-order valence-corrected chi connectivity index (χ1v) is 6.70. The van der Waals surface area contributed by atoms with E-state index in [1.54, 1.807) is 7.11 Å². The number of rotatable bonds is 6. The first kappa shape index (κ1) is 14.5. The second-order valence-electron chi connectivity index (χ2n) is 5.43. The summed E-state index contributed by atoms with van der Waals surface area (Å²) >= 11 is 0. The Morgan fingerprint density at radius 2 is 2.16 bits per heavy atom. The van der Waals surface area contributed by atoms with Crippen LogP contribution in [0.1, 0.15) is 18.9 Å². The van der Waals surface area contributed by atoms with Gasteiger partial charge >= 0.3 is 0 Å². The maximum atomic E-state index is 10.5. The minimum absolute atomic E-state index is 0.243. The summed E-state index contributed by atoms with van der Waals surface area (Å²) in [5.74, 6) is 0. The van der Waals surface area contributed by atoms with Crippen LogP contribution in [0.4, 0.5) is 0 Å². The van der Waals surface area contributed by atoms with Crippen LogP contribution < -0.4 is 5.32 Å². The van der Waals surface area contributed by atoms with Crippen molar-refractivity contribution in [2.24, 2.45) is 0 Å². The fourth-order valence-electron chi connectivity index (χ4n) is 2.39. The van der Waals surface area contributed by atoms with Gasteiger partial charge in [-0.1, -0.05) is 30.3 Å². The summed E-state index contributed by atoms with van der Waals surface area (Å²) in [6.07, 6.45) is 0.893. The summed E-state index contributed by atoms with van der Waals surface area (Å²) in [4.78, 5) is 0. The average molecular weight is 265 g/mol. The van der Waals surface area contributed by atoms with Crippen LogP contribution in [0.2, 0.25) is 0 Å². The molecule has 0 aromatic heterocycles. The Balaban J connectivity index is 1.88. The molecule has 19 heavy (non-hydrogen) atoms. The molecule has 4 nitrogen and oxygen atoms in total. The Hall–Kier alpha value is -0.940. The zero-order valence-electron chi connectivity index (χ0n) is 11.7. The first-order chi connectivity index (χ1) is 9.08. The number of benzene rings is 1. The fourth-order valence-corrected chi connectivity index (χ4v) is 2.39. The smallest absolute Gasteiger partial charge is 0.106 e. The average Bonchev–Trinajstić information content (AvgIpc) is 2.89. The number of ether oxygens (including phenoxy) is 2. The van der Waals surface area contributed by atoms with Crippen molar-refractivity contribution >= 4 is 0 Å². The minimum atomic E-state index is -0.879. The molecule has 0 radical (unpaired) electrons. The molecule has 1 aliphatic rings. The van der Waals surface area contributed by atoms with Crippen LogP contribution in [0.15, 0.2) is 30.3 Å². The Morgan fingerprint density at radius 3 is 2.74 bits per heavy atom. The summed E-state index contributed by atoms with van der Waals surface area (Å²) in [6.45, 7) is 4.35. The SMILES string of the molecule is COC1(CNCC(C)(O)c2ccccc2)CCOC1. The van der Waals surface area contributed by atoms with Gasteiger partial charge < -0.3 is 19.9 Å². The third-order valence-electron chi connectivity index (χ3n) is 3.81. The lowest BCUT2D eigenvalue weighted by atomic mass is 9.95. The molecule has 0 amide bonds. The van der Waals surface area contributed by atoms with Crippen LogP contribution in [0.3, 0.4) is 0 Å². The largest absolute Gasteiger partial charge is 0.384 e. The molecule has 0 saturated carbocycles. The van der Waals surface area contributed by atoms with Crippen molar-refractivity contribution in [2.75, 3.05) is 33.4 Å². The van der Waals surface area contributed by atoms with Crippen molar-refractivity contribution in [3.63, 3.8) is 0 Å². The molecule has 1 aromatic rings. The first-order valence-electron chi connectivity index (χ1n) is 6.70. The Labute approximate surface area is 114 Å². The van der Waals surface area contributed by atoms with Gasteiger partial charge in [-0.3, -0.25) is 0 Å². The number of methoxy groups -OCH3 is 1. The molecule has 1 fully saturated rings. The quantitative estimate of drug-likeness (QED) is 0.814. The molecule has 0 bridgehead atoms. The number of hydrogen-bond acceptors (Lipinski definition) is 4. The van der Waals surface area contributed by atoms with Crippen LogP contribution in [-0.4, -0.2) is 44.1 Å². The van der Waals surface area contributed by atoms with Gasteiger partial charge in [0.05, 0.1) is 12.2 Å². The fraction of sp³-hybridized carbons (Fsp3) is 0.600. The highest BCUT2D eigenvalue weighted by atomic mass is 16.5. The standard InChI is InChI=1S/C15H23NO3/c1-14(17,13-6-4-3-5-7-13)10-16-11-15(18-2)8-9-19-12-15/h3-7,16-17H,8-12H2,1-2H3. The van der Waals surface area contributed by atoms with E-state index < -0.39 is 5.60 Å². The molecule has 0 spiro atoms. The predicted molar refractivity (Wildman–Crippen MR) is 74.1 cm³/mol. The van der Waals surface area contributed by atoms with Crippen LogP contribution in [0.5, 0.6) is 0 Å². The van der Waals surface area contributed by atoms with Crippen LogP contribution in [0.25, 0.3) is 0 Å². The highest BCUT2D eigenvalue weighted by Gasteiger charge is 2.35. The van der Waals surface area contributed by atoms with Gasteiger partial charge in [-0.05, 0) is 12.5 Å². The molecule has 2 N–H and O–H groups in total. The zero-order chi connectivity index (χ0) is 13.8. The van der Waals surface area contributed by atoms with Gasteiger partial charge in [0.2, 0.25) is 0 Å². The van der Waals surface area contributed by atoms with Crippen molar-refractivity contribution in [2.45, 2.75) is 24.5 Å². The Kier molecular flexibility index (Phi) is 4.58. The highest BCUT2D eigenvalue weighted by molar-refractivity contribution is 5.21. The lowest BCUT2D eigenvalue weighted by Gasteiger charge is -2.29. The van der Waals surface area contributed by atoms with E-state index in [2.05, 4.69) is 5.32 Å². The van der Waals surface area contributed by atoms with E-state index in [-0.39, 0.29) is 5.60 Å². The zero-order valence-corrected chi connectivity index (χ0v) is 11.7. The van der Waals surface area contributed by atoms with Gasteiger partial charge in [0.1, 0.15) is 5.60 Å². The Bertz CT molecular complexity index is 386. The van der Waals surface area contributed by atoms with Gasteiger partial charge in [-0.2, -0.15) is 0 Å². The lowest BCUT2D eigenvalue weighted by molar-refractivity contribution is -0.0217. The maximum Gasteiger partial charge on any atom is 0.106 e. The van der Waals surface area contributed by atoms with Crippen molar-refractivity contribution in [3.8, 4) is 0 Å². The number of aliphatic hydroxyl groups is 1.